The molecule has 1 aromatic rings. The van der Waals surface area contributed by atoms with E-state index >= 15 is 0 Å². The van der Waals surface area contributed by atoms with Crippen LogP contribution < -0.4 is 0 Å². The molecule has 1 rings (SSSR count). The monoisotopic (exact) mass is 294 g/mol. The minimum absolute atomic E-state index is 0.783. The van der Waals surface area contributed by atoms with Crippen molar-refractivity contribution in [2.24, 2.45) is 0 Å². The second-order valence-corrected chi connectivity index (χ2v) is 9.07. The highest BCUT2D eigenvalue weighted by molar-refractivity contribution is 6.67. The second-order valence-electron chi connectivity index (χ2n) is 5.26. The van der Waals surface area contributed by atoms with E-state index in [4.69, 9.17) is 8.85 Å². The number of rotatable bonds is 11. The zero-order chi connectivity index (χ0) is 14.7. The molecule has 0 fully saturated rings. The van der Waals surface area contributed by atoms with Gasteiger partial charge in [0, 0.05) is 13.2 Å². The fourth-order valence-electron chi connectivity index (χ4n) is 2.31. The van der Waals surface area contributed by atoms with Crippen molar-refractivity contribution in [2.75, 3.05) is 13.2 Å². The highest BCUT2D eigenvalue weighted by Gasteiger charge is 2.33. The standard InChI is InChI=1S/C17H30O2Si/c1-4-7-11-15-18-20(5-2,6-3)19-16-14-17-12-9-8-10-13-17/h8-10,12-13H,4-7,11,14-16H2,1-3H3. The van der Waals surface area contributed by atoms with Gasteiger partial charge in [-0.3, -0.25) is 0 Å². The third-order valence-electron chi connectivity index (χ3n) is 3.79. The molecule has 114 valence electrons. The first-order valence-electron chi connectivity index (χ1n) is 8.08. The summed E-state index contributed by atoms with van der Waals surface area (Å²) in [5, 5.41) is 0. The van der Waals surface area contributed by atoms with Gasteiger partial charge in [0.25, 0.3) is 0 Å². The van der Waals surface area contributed by atoms with Crippen LogP contribution in [0.4, 0.5) is 0 Å². The van der Waals surface area contributed by atoms with Crippen LogP contribution in [0.15, 0.2) is 30.3 Å². The van der Waals surface area contributed by atoms with Crippen molar-refractivity contribution < 1.29 is 8.85 Å². The number of hydrogen-bond acceptors (Lipinski definition) is 2. The molecule has 0 amide bonds. The maximum absolute atomic E-state index is 6.23. The van der Waals surface area contributed by atoms with Crippen molar-refractivity contribution in [1.29, 1.82) is 0 Å². The average Bonchev–Trinajstić information content (AvgIpc) is 2.51. The van der Waals surface area contributed by atoms with Crippen molar-refractivity contribution in [3.63, 3.8) is 0 Å². The van der Waals surface area contributed by atoms with E-state index in [1.165, 1.54) is 18.4 Å². The van der Waals surface area contributed by atoms with E-state index in [9.17, 15) is 0 Å². The lowest BCUT2D eigenvalue weighted by Gasteiger charge is -2.29. The summed E-state index contributed by atoms with van der Waals surface area (Å²) in [5.74, 6) is 0. The van der Waals surface area contributed by atoms with Crippen LogP contribution in [-0.4, -0.2) is 21.8 Å². The Hall–Kier alpha value is -0.643. The van der Waals surface area contributed by atoms with E-state index in [-0.39, 0.29) is 0 Å². The highest BCUT2D eigenvalue weighted by atomic mass is 28.4. The predicted molar refractivity (Wildman–Crippen MR) is 88.3 cm³/mol. The summed E-state index contributed by atoms with van der Waals surface area (Å²) in [7, 11) is -1.95. The zero-order valence-electron chi connectivity index (χ0n) is 13.4. The molecule has 0 spiro atoms. The Labute approximate surface area is 125 Å². The maximum Gasteiger partial charge on any atom is 0.337 e. The Balaban J connectivity index is 2.37. The molecule has 0 aliphatic rings. The lowest BCUT2D eigenvalue weighted by molar-refractivity contribution is 0.167. The zero-order valence-corrected chi connectivity index (χ0v) is 14.4. The Bertz CT molecular complexity index is 336. The molecule has 3 heteroatoms. The van der Waals surface area contributed by atoms with Crippen LogP contribution in [0.5, 0.6) is 0 Å². The smallest absolute Gasteiger partial charge is 0.337 e. The third kappa shape index (κ3) is 6.20. The summed E-state index contributed by atoms with van der Waals surface area (Å²) in [6.45, 7) is 8.29. The first-order chi connectivity index (χ1) is 9.76. The van der Waals surface area contributed by atoms with Crippen LogP contribution in [-0.2, 0) is 15.3 Å². The minimum Gasteiger partial charge on any atom is -0.394 e. The molecule has 0 aliphatic heterocycles. The molecule has 0 saturated heterocycles. The van der Waals surface area contributed by atoms with Crippen molar-refractivity contribution in [2.45, 2.75) is 58.5 Å². The van der Waals surface area contributed by atoms with Crippen LogP contribution in [0, 0.1) is 0 Å². The van der Waals surface area contributed by atoms with Gasteiger partial charge in [0.15, 0.2) is 0 Å². The van der Waals surface area contributed by atoms with Crippen LogP contribution >= 0.6 is 0 Å². The topological polar surface area (TPSA) is 18.5 Å². The second kappa shape index (κ2) is 10.1. The molecule has 0 bridgehead atoms. The fraction of sp³-hybridized carbons (Fsp3) is 0.647. The first kappa shape index (κ1) is 17.4. The van der Waals surface area contributed by atoms with E-state index in [1.54, 1.807) is 0 Å². The predicted octanol–water partition coefficient (Wildman–Crippen LogP) is 4.93. The van der Waals surface area contributed by atoms with Gasteiger partial charge in [-0.05, 0) is 30.5 Å². The Morgan fingerprint density at radius 2 is 1.50 bits per heavy atom. The minimum atomic E-state index is -1.95. The lowest BCUT2D eigenvalue weighted by atomic mass is 10.2. The largest absolute Gasteiger partial charge is 0.394 e. The van der Waals surface area contributed by atoms with E-state index in [0.29, 0.717) is 0 Å². The van der Waals surface area contributed by atoms with Gasteiger partial charge in [-0.2, -0.15) is 0 Å². The van der Waals surface area contributed by atoms with Crippen molar-refractivity contribution in [3.8, 4) is 0 Å². The van der Waals surface area contributed by atoms with Gasteiger partial charge < -0.3 is 8.85 Å². The molecule has 0 heterocycles. The molecule has 0 radical (unpaired) electrons. The molecule has 0 unspecified atom stereocenters. The molecule has 1 aromatic carbocycles. The van der Waals surface area contributed by atoms with Gasteiger partial charge >= 0.3 is 8.56 Å². The average molecular weight is 295 g/mol. The van der Waals surface area contributed by atoms with E-state index < -0.39 is 8.56 Å². The number of unbranched alkanes of at least 4 members (excludes halogenated alkanes) is 2. The normalized spacial score (nSPS) is 11.8. The SMILES string of the molecule is CCCCCO[Si](CC)(CC)OCCc1ccccc1. The van der Waals surface area contributed by atoms with E-state index in [1.807, 2.05) is 0 Å². The van der Waals surface area contributed by atoms with Crippen molar-refractivity contribution in [3.05, 3.63) is 35.9 Å². The van der Waals surface area contributed by atoms with Gasteiger partial charge in [-0.1, -0.05) is 63.9 Å². The lowest BCUT2D eigenvalue weighted by Crippen LogP contribution is -2.41. The molecule has 20 heavy (non-hydrogen) atoms. The fourth-order valence-corrected chi connectivity index (χ4v) is 4.70. The third-order valence-corrected chi connectivity index (χ3v) is 7.40. The van der Waals surface area contributed by atoms with E-state index in [0.717, 1.165) is 38.1 Å². The van der Waals surface area contributed by atoms with Crippen LogP contribution in [0.2, 0.25) is 12.1 Å². The molecular formula is C17H30O2Si. The summed E-state index contributed by atoms with van der Waals surface area (Å²) in [6, 6.07) is 12.6. The molecule has 2 nitrogen and oxygen atoms in total. The molecule has 0 atom stereocenters. The molecular weight excluding hydrogens is 264 g/mol. The number of hydrogen-bond donors (Lipinski definition) is 0. The van der Waals surface area contributed by atoms with Gasteiger partial charge in [0.1, 0.15) is 0 Å². The summed E-state index contributed by atoms with van der Waals surface area (Å²) < 4.78 is 12.4. The summed E-state index contributed by atoms with van der Waals surface area (Å²) in [5.41, 5.74) is 1.34. The van der Waals surface area contributed by atoms with Gasteiger partial charge in [-0.25, -0.2) is 0 Å². The Kier molecular flexibility index (Phi) is 8.82. The first-order valence-corrected chi connectivity index (χ1v) is 10.3. The van der Waals surface area contributed by atoms with Crippen LogP contribution in [0.3, 0.4) is 0 Å². The number of benzene rings is 1. The molecule has 0 N–H and O–H groups in total. The highest BCUT2D eigenvalue weighted by Crippen LogP contribution is 2.19. The quantitative estimate of drug-likeness (QED) is 0.425. The van der Waals surface area contributed by atoms with Gasteiger partial charge in [-0.15, -0.1) is 0 Å². The van der Waals surface area contributed by atoms with Crippen LogP contribution in [0.25, 0.3) is 0 Å². The summed E-state index contributed by atoms with van der Waals surface area (Å²) in [4.78, 5) is 0. The summed E-state index contributed by atoms with van der Waals surface area (Å²) in [6.07, 6.45) is 4.63. The van der Waals surface area contributed by atoms with Gasteiger partial charge in [0.2, 0.25) is 0 Å². The molecule has 0 aliphatic carbocycles. The Morgan fingerprint density at radius 3 is 2.10 bits per heavy atom. The van der Waals surface area contributed by atoms with Gasteiger partial charge in [0.05, 0.1) is 0 Å². The van der Waals surface area contributed by atoms with Crippen molar-refractivity contribution in [1.82, 2.24) is 0 Å². The van der Waals surface area contributed by atoms with Crippen molar-refractivity contribution >= 4 is 8.56 Å². The maximum atomic E-state index is 6.23. The molecule has 0 aromatic heterocycles. The summed E-state index contributed by atoms with van der Waals surface area (Å²) >= 11 is 0. The van der Waals surface area contributed by atoms with E-state index in [2.05, 4.69) is 51.1 Å². The Morgan fingerprint density at radius 1 is 0.850 bits per heavy atom. The molecule has 0 saturated carbocycles. The van der Waals surface area contributed by atoms with Crippen LogP contribution in [0.1, 0.15) is 45.6 Å².